The van der Waals surface area contributed by atoms with Crippen molar-refractivity contribution in [3.8, 4) is 0 Å². The van der Waals surface area contributed by atoms with E-state index in [-0.39, 0.29) is 0 Å². The highest BCUT2D eigenvalue weighted by Gasteiger charge is 2.17. The molecule has 0 bridgehead atoms. The van der Waals surface area contributed by atoms with Crippen molar-refractivity contribution in [2.75, 3.05) is 0 Å². The molecule has 1 fully saturated rings. The van der Waals surface area contributed by atoms with Crippen LogP contribution in [0.4, 0.5) is 0 Å². The Morgan fingerprint density at radius 2 is 1.91 bits per heavy atom. The fourth-order valence-electron chi connectivity index (χ4n) is 1.41. The zero-order valence-corrected chi connectivity index (χ0v) is 7.12. The maximum atomic E-state index is 5.75. The lowest BCUT2D eigenvalue weighted by Crippen LogP contribution is -2.29. The molecule has 0 aromatic carbocycles. The summed E-state index contributed by atoms with van der Waals surface area (Å²) < 4.78 is 5.44. The average molecular weight is 155 g/mol. The van der Waals surface area contributed by atoms with Crippen LogP contribution < -0.4 is 5.73 Å². The molecule has 0 aliphatic heterocycles. The molecule has 64 valence electrons. The Bertz CT molecular complexity index is 126. The molecule has 0 radical (unpaired) electrons. The van der Waals surface area contributed by atoms with E-state index in [2.05, 4.69) is 0 Å². The van der Waals surface area contributed by atoms with Gasteiger partial charge in [-0.15, -0.1) is 0 Å². The highest BCUT2D eigenvalue weighted by molar-refractivity contribution is 4.77. The zero-order valence-electron chi connectivity index (χ0n) is 7.12. The SMILES string of the molecule is C/C=C/OC1CCC(N)CC1. The molecule has 1 rings (SSSR count). The predicted octanol–water partition coefficient (Wildman–Crippen LogP) is 1.81. The van der Waals surface area contributed by atoms with Gasteiger partial charge in [0.1, 0.15) is 0 Å². The third-order valence-electron chi connectivity index (χ3n) is 2.13. The van der Waals surface area contributed by atoms with Crippen LogP contribution >= 0.6 is 0 Å². The molecule has 0 heterocycles. The van der Waals surface area contributed by atoms with Crippen LogP contribution in [-0.2, 0) is 4.74 Å². The molecule has 2 nitrogen and oxygen atoms in total. The van der Waals surface area contributed by atoms with Crippen LogP contribution in [0.1, 0.15) is 32.6 Å². The fraction of sp³-hybridized carbons (Fsp3) is 0.778. The van der Waals surface area contributed by atoms with Gasteiger partial charge in [-0.2, -0.15) is 0 Å². The molecule has 0 unspecified atom stereocenters. The molecule has 11 heavy (non-hydrogen) atoms. The van der Waals surface area contributed by atoms with Gasteiger partial charge in [0.25, 0.3) is 0 Å². The maximum Gasteiger partial charge on any atom is 0.0979 e. The average Bonchev–Trinajstić information content (AvgIpc) is 2.04. The van der Waals surface area contributed by atoms with Gasteiger partial charge in [-0.05, 0) is 32.6 Å². The van der Waals surface area contributed by atoms with E-state index in [4.69, 9.17) is 10.5 Å². The minimum Gasteiger partial charge on any atom is -0.498 e. The van der Waals surface area contributed by atoms with Crippen molar-refractivity contribution in [1.29, 1.82) is 0 Å². The summed E-state index contributed by atoms with van der Waals surface area (Å²) in [5, 5.41) is 0. The third kappa shape index (κ3) is 2.93. The molecule has 1 saturated carbocycles. The predicted molar refractivity (Wildman–Crippen MR) is 46.1 cm³/mol. The Morgan fingerprint density at radius 3 is 2.45 bits per heavy atom. The third-order valence-corrected chi connectivity index (χ3v) is 2.13. The summed E-state index contributed by atoms with van der Waals surface area (Å²) in [6.07, 6.45) is 8.59. The smallest absolute Gasteiger partial charge is 0.0979 e. The van der Waals surface area contributed by atoms with Crippen molar-refractivity contribution < 1.29 is 4.74 Å². The normalized spacial score (nSPS) is 32.5. The standard InChI is InChI=1S/C9H17NO/c1-2-7-11-9-5-3-8(10)4-6-9/h2,7-9H,3-6,10H2,1H3/b7-2+. The molecule has 0 aromatic heterocycles. The molecule has 0 spiro atoms. The van der Waals surface area contributed by atoms with E-state index in [1.54, 1.807) is 6.26 Å². The van der Waals surface area contributed by atoms with E-state index in [9.17, 15) is 0 Å². The first-order chi connectivity index (χ1) is 5.33. The van der Waals surface area contributed by atoms with Crippen molar-refractivity contribution in [3.05, 3.63) is 12.3 Å². The summed E-state index contributed by atoms with van der Waals surface area (Å²) in [6, 6.07) is 0.417. The van der Waals surface area contributed by atoms with Crippen molar-refractivity contribution in [3.63, 3.8) is 0 Å². The van der Waals surface area contributed by atoms with E-state index in [0.717, 1.165) is 25.7 Å². The van der Waals surface area contributed by atoms with Gasteiger partial charge in [0.15, 0.2) is 0 Å². The number of nitrogens with two attached hydrogens (primary N) is 1. The molecule has 0 atom stereocenters. The van der Waals surface area contributed by atoms with Gasteiger partial charge in [0, 0.05) is 6.04 Å². The van der Waals surface area contributed by atoms with Crippen molar-refractivity contribution >= 4 is 0 Å². The molecular weight excluding hydrogens is 138 g/mol. The number of allylic oxidation sites excluding steroid dienone is 1. The Labute approximate surface area is 68.4 Å². The lowest BCUT2D eigenvalue weighted by Gasteiger charge is -2.25. The molecule has 2 N–H and O–H groups in total. The molecule has 0 aromatic rings. The van der Waals surface area contributed by atoms with Gasteiger partial charge in [-0.25, -0.2) is 0 Å². The van der Waals surface area contributed by atoms with Gasteiger partial charge in [-0.1, -0.05) is 6.08 Å². The van der Waals surface area contributed by atoms with Gasteiger partial charge in [0.2, 0.25) is 0 Å². The second-order valence-electron chi connectivity index (χ2n) is 3.14. The van der Waals surface area contributed by atoms with E-state index < -0.39 is 0 Å². The summed E-state index contributed by atoms with van der Waals surface area (Å²) in [4.78, 5) is 0. The molecule has 0 saturated heterocycles. The topological polar surface area (TPSA) is 35.2 Å². The summed E-state index contributed by atoms with van der Waals surface area (Å²) in [5.41, 5.74) is 5.75. The monoisotopic (exact) mass is 155 g/mol. The first-order valence-electron chi connectivity index (χ1n) is 4.35. The van der Waals surface area contributed by atoms with Crippen molar-refractivity contribution in [1.82, 2.24) is 0 Å². The minimum absolute atomic E-state index is 0.417. The quantitative estimate of drug-likeness (QED) is 0.617. The van der Waals surface area contributed by atoms with Gasteiger partial charge >= 0.3 is 0 Å². The molecule has 1 aliphatic carbocycles. The highest BCUT2D eigenvalue weighted by atomic mass is 16.5. The van der Waals surface area contributed by atoms with Crippen molar-refractivity contribution in [2.45, 2.75) is 44.8 Å². The number of ether oxygens (including phenoxy) is 1. The van der Waals surface area contributed by atoms with E-state index in [0.29, 0.717) is 12.1 Å². The molecule has 0 amide bonds. The summed E-state index contributed by atoms with van der Waals surface area (Å²) >= 11 is 0. The van der Waals surface area contributed by atoms with Crippen LogP contribution in [0.3, 0.4) is 0 Å². The molecule has 1 aliphatic rings. The summed E-state index contributed by atoms with van der Waals surface area (Å²) in [7, 11) is 0. The molecular formula is C9H17NO. The first-order valence-corrected chi connectivity index (χ1v) is 4.35. The van der Waals surface area contributed by atoms with E-state index in [1.807, 2.05) is 13.0 Å². The van der Waals surface area contributed by atoms with Crippen LogP contribution in [0, 0.1) is 0 Å². The number of hydrogen-bond acceptors (Lipinski definition) is 2. The van der Waals surface area contributed by atoms with Gasteiger partial charge in [-0.3, -0.25) is 0 Å². The lowest BCUT2D eigenvalue weighted by atomic mass is 9.94. The lowest BCUT2D eigenvalue weighted by molar-refractivity contribution is 0.100. The number of hydrogen-bond donors (Lipinski definition) is 1. The van der Waals surface area contributed by atoms with Crippen LogP contribution in [0.15, 0.2) is 12.3 Å². The van der Waals surface area contributed by atoms with Crippen LogP contribution in [0.25, 0.3) is 0 Å². The summed E-state index contributed by atoms with van der Waals surface area (Å²) in [5.74, 6) is 0. The second-order valence-corrected chi connectivity index (χ2v) is 3.14. The van der Waals surface area contributed by atoms with E-state index in [1.165, 1.54) is 0 Å². The largest absolute Gasteiger partial charge is 0.498 e. The summed E-state index contributed by atoms with van der Waals surface area (Å²) in [6.45, 7) is 1.97. The minimum atomic E-state index is 0.417. The Morgan fingerprint density at radius 1 is 1.27 bits per heavy atom. The van der Waals surface area contributed by atoms with Crippen LogP contribution in [0.5, 0.6) is 0 Å². The Balaban J connectivity index is 2.17. The van der Waals surface area contributed by atoms with E-state index >= 15 is 0 Å². The maximum absolute atomic E-state index is 5.75. The molecule has 2 heteroatoms. The highest BCUT2D eigenvalue weighted by Crippen LogP contribution is 2.19. The second kappa shape index (κ2) is 4.39. The number of rotatable bonds is 2. The van der Waals surface area contributed by atoms with Crippen LogP contribution in [0.2, 0.25) is 0 Å². The van der Waals surface area contributed by atoms with Crippen LogP contribution in [-0.4, -0.2) is 12.1 Å². The fourth-order valence-corrected chi connectivity index (χ4v) is 1.41. The van der Waals surface area contributed by atoms with Crippen molar-refractivity contribution in [2.24, 2.45) is 5.73 Å². The van der Waals surface area contributed by atoms with Gasteiger partial charge < -0.3 is 10.5 Å². The Hall–Kier alpha value is -0.500. The van der Waals surface area contributed by atoms with Gasteiger partial charge in [0.05, 0.1) is 12.4 Å². The first kappa shape index (κ1) is 8.60. The zero-order chi connectivity index (χ0) is 8.10. The Kier molecular flexibility index (Phi) is 3.43.